The molecule has 0 radical (unpaired) electrons. The fraction of sp³-hybridized carbons (Fsp3) is 0.164. The maximum Gasteiger partial charge on any atom is 0.0788 e. The summed E-state index contributed by atoms with van der Waals surface area (Å²) < 4.78 is 2.40. The third-order valence-corrected chi connectivity index (χ3v) is 15.4. The Morgan fingerprint density at radius 2 is 1.38 bits per heavy atom. The molecule has 6 aliphatic rings. The molecule has 2 heteroatoms. The zero-order valence-corrected chi connectivity index (χ0v) is 35.2. The summed E-state index contributed by atoms with van der Waals surface area (Å²) in [4.78, 5) is 5.56. The van der Waals surface area contributed by atoms with Crippen LogP contribution in [0.5, 0.6) is 0 Å². The second-order valence-corrected chi connectivity index (χ2v) is 18.9. The second kappa shape index (κ2) is 13.5. The van der Waals surface area contributed by atoms with E-state index in [2.05, 4.69) is 199 Å². The summed E-state index contributed by atoms with van der Waals surface area (Å²) in [5.41, 5.74) is 19.3. The molecule has 6 aliphatic carbocycles. The normalized spacial score (nSPS) is 23.5. The van der Waals surface area contributed by atoms with Gasteiger partial charge >= 0.3 is 0 Å². The smallest absolute Gasteiger partial charge is 0.0788 e. The van der Waals surface area contributed by atoms with Crippen LogP contribution in [0.25, 0.3) is 78.4 Å². The topological polar surface area (TPSA) is 17.8 Å². The van der Waals surface area contributed by atoms with Gasteiger partial charge in [0, 0.05) is 38.4 Å². The van der Waals surface area contributed by atoms with E-state index in [1.165, 1.54) is 90.1 Å². The molecule has 2 nitrogen and oxygen atoms in total. The van der Waals surface area contributed by atoms with Crippen molar-refractivity contribution in [2.75, 3.05) is 0 Å². The highest BCUT2D eigenvalue weighted by atomic mass is 15.0. The largest absolute Gasteiger partial charge is 0.309 e. The Kier molecular flexibility index (Phi) is 7.61. The summed E-state index contributed by atoms with van der Waals surface area (Å²) in [6.07, 6.45) is 27.3. The molecule has 14 rings (SSSR count). The van der Waals surface area contributed by atoms with E-state index in [0.29, 0.717) is 23.7 Å². The molecular formula is C61H46N2. The van der Waals surface area contributed by atoms with Crippen molar-refractivity contribution in [3.05, 3.63) is 221 Å². The molecule has 2 saturated carbocycles. The second-order valence-electron chi connectivity index (χ2n) is 18.9. The SMILES string of the molecule is C1=CC2CC2C(CC2(c3ccccc3)C3=CC4CC4C=C(C3)c3cc4c(-c5ccc(-c6cccc(-n7c8ccccc8c8ccccc87)c6)cc5)nc5c(c4cc32)C=CCC=C5)=C1. The Labute approximate surface area is 368 Å². The van der Waals surface area contributed by atoms with Crippen LogP contribution in [-0.2, 0) is 5.41 Å². The molecule has 300 valence electrons. The Balaban J connectivity index is 0.946. The number of aromatic nitrogens is 2. The van der Waals surface area contributed by atoms with E-state index >= 15 is 0 Å². The first kappa shape index (κ1) is 35.6. The molecule has 0 spiro atoms. The molecule has 5 atom stereocenters. The maximum absolute atomic E-state index is 5.56. The minimum Gasteiger partial charge on any atom is -0.309 e. The van der Waals surface area contributed by atoms with Gasteiger partial charge in [-0.05, 0) is 137 Å². The molecule has 63 heavy (non-hydrogen) atoms. The van der Waals surface area contributed by atoms with Crippen molar-refractivity contribution in [1.82, 2.24) is 9.55 Å². The number of nitrogens with zero attached hydrogens (tertiary/aromatic N) is 2. The number of allylic oxidation sites excluding steroid dienone is 10. The van der Waals surface area contributed by atoms with Crippen LogP contribution in [-0.4, -0.2) is 9.55 Å². The van der Waals surface area contributed by atoms with Crippen molar-refractivity contribution in [2.24, 2.45) is 23.7 Å². The lowest BCUT2D eigenvalue weighted by Gasteiger charge is -2.44. The minimum absolute atomic E-state index is 0.236. The zero-order chi connectivity index (χ0) is 41.2. The summed E-state index contributed by atoms with van der Waals surface area (Å²) in [5, 5.41) is 5.09. The van der Waals surface area contributed by atoms with E-state index in [1.807, 2.05) is 0 Å². The van der Waals surface area contributed by atoms with Gasteiger partial charge in [-0.15, -0.1) is 0 Å². The van der Waals surface area contributed by atoms with Gasteiger partial charge in [-0.2, -0.15) is 0 Å². The van der Waals surface area contributed by atoms with Crippen LogP contribution in [0.3, 0.4) is 0 Å². The third-order valence-electron chi connectivity index (χ3n) is 15.4. The fourth-order valence-corrected chi connectivity index (χ4v) is 12.1. The number of hydrogen-bond acceptors (Lipinski definition) is 1. The first-order valence-electron chi connectivity index (χ1n) is 23.1. The highest BCUT2D eigenvalue weighted by Gasteiger charge is 2.50. The number of rotatable bonds is 6. The first-order chi connectivity index (χ1) is 31.2. The monoisotopic (exact) mass is 806 g/mol. The molecule has 0 aliphatic heterocycles. The van der Waals surface area contributed by atoms with E-state index in [-0.39, 0.29) is 5.41 Å². The lowest BCUT2D eigenvalue weighted by molar-refractivity contribution is 0.552. The quantitative estimate of drug-likeness (QED) is 0.153. The molecule has 6 aromatic carbocycles. The molecule has 2 bridgehead atoms. The number of pyridine rings is 1. The van der Waals surface area contributed by atoms with Gasteiger partial charge in [0.15, 0.2) is 0 Å². The number of para-hydroxylation sites is 2. The molecule has 5 unspecified atom stereocenters. The van der Waals surface area contributed by atoms with E-state index in [9.17, 15) is 0 Å². The van der Waals surface area contributed by atoms with Gasteiger partial charge in [0.1, 0.15) is 0 Å². The Bertz CT molecular complexity index is 3390. The van der Waals surface area contributed by atoms with Crippen LogP contribution in [0.1, 0.15) is 60.1 Å². The van der Waals surface area contributed by atoms with Crippen molar-refractivity contribution >= 4 is 50.3 Å². The van der Waals surface area contributed by atoms with Crippen LogP contribution in [0.4, 0.5) is 0 Å². The van der Waals surface area contributed by atoms with Crippen LogP contribution < -0.4 is 0 Å². The lowest BCUT2D eigenvalue weighted by atomic mass is 9.58. The highest BCUT2D eigenvalue weighted by molar-refractivity contribution is 6.09. The van der Waals surface area contributed by atoms with Crippen LogP contribution in [0.2, 0.25) is 0 Å². The summed E-state index contributed by atoms with van der Waals surface area (Å²) >= 11 is 0. The van der Waals surface area contributed by atoms with Crippen molar-refractivity contribution in [3.63, 3.8) is 0 Å². The van der Waals surface area contributed by atoms with Crippen LogP contribution in [0.15, 0.2) is 193 Å². The Hall–Kier alpha value is -7.03. The van der Waals surface area contributed by atoms with E-state index in [0.717, 1.165) is 36.2 Å². The predicted octanol–water partition coefficient (Wildman–Crippen LogP) is 15.3. The molecule has 2 heterocycles. The highest BCUT2D eigenvalue weighted by Crippen LogP contribution is 2.61. The summed E-state index contributed by atoms with van der Waals surface area (Å²) in [6, 6.07) is 52.4. The van der Waals surface area contributed by atoms with Crippen molar-refractivity contribution in [2.45, 2.75) is 37.5 Å². The molecule has 0 N–H and O–H groups in total. The number of hydrogen-bond donors (Lipinski definition) is 0. The average Bonchev–Trinajstić information content (AvgIpc) is 4.26. The molecule has 2 aromatic heterocycles. The number of fused-ring (bicyclic) bond motifs is 12. The van der Waals surface area contributed by atoms with Crippen molar-refractivity contribution in [1.29, 1.82) is 0 Å². The van der Waals surface area contributed by atoms with Crippen molar-refractivity contribution in [3.8, 4) is 28.1 Å². The lowest BCUT2D eigenvalue weighted by Crippen LogP contribution is -2.35. The van der Waals surface area contributed by atoms with Gasteiger partial charge in [-0.3, -0.25) is 0 Å². The Morgan fingerprint density at radius 3 is 2.22 bits per heavy atom. The summed E-state index contributed by atoms with van der Waals surface area (Å²) in [7, 11) is 0. The molecule has 2 fully saturated rings. The van der Waals surface area contributed by atoms with E-state index < -0.39 is 0 Å². The fourth-order valence-electron chi connectivity index (χ4n) is 12.1. The zero-order valence-electron chi connectivity index (χ0n) is 35.2. The standard InChI is InChI=1S/C61H46N2/c1-3-16-46(17-4-1)61(37-42-15-11-14-41-34-52(41)42)47-31-44-29-43(44)30-45(32-47)53-35-55-54(36-56(53)61)49-19-5-2-6-22-57(49)62-60(55)39-27-25-38(26-28-39)40-13-12-18-48(33-40)63-58-23-9-7-20-50(58)51-21-8-10-24-59(51)63/h1,3-28,30-31,33,35-36,41,43-44,52H,2,29,32,34,37H2. The predicted molar refractivity (Wildman–Crippen MR) is 263 cm³/mol. The first-order valence-corrected chi connectivity index (χ1v) is 23.1. The van der Waals surface area contributed by atoms with Gasteiger partial charge in [-0.1, -0.05) is 163 Å². The molecule has 0 amide bonds. The van der Waals surface area contributed by atoms with Gasteiger partial charge < -0.3 is 4.57 Å². The summed E-state index contributed by atoms with van der Waals surface area (Å²) in [5.74, 6) is 2.66. The molecular weight excluding hydrogens is 761 g/mol. The Morgan fingerprint density at radius 1 is 0.619 bits per heavy atom. The van der Waals surface area contributed by atoms with Gasteiger partial charge in [0.05, 0.1) is 22.4 Å². The third kappa shape index (κ3) is 5.47. The number of benzene rings is 6. The van der Waals surface area contributed by atoms with Crippen molar-refractivity contribution < 1.29 is 0 Å². The summed E-state index contributed by atoms with van der Waals surface area (Å²) in [6.45, 7) is 0. The molecule has 8 aromatic rings. The van der Waals surface area contributed by atoms with Gasteiger partial charge in [0.25, 0.3) is 0 Å². The van der Waals surface area contributed by atoms with Crippen LogP contribution in [0, 0.1) is 23.7 Å². The minimum atomic E-state index is -0.236. The van der Waals surface area contributed by atoms with E-state index in [4.69, 9.17) is 4.98 Å². The van der Waals surface area contributed by atoms with Crippen LogP contribution >= 0.6 is 0 Å². The van der Waals surface area contributed by atoms with Gasteiger partial charge in [0.2, 0.25) is 0 Å². The van der Waals surface area contributed by atoms with E-state index in [1.54, 1.807) is 11.1 Å². The molecule has 0 saturated heterocycles. The van der Waals surface area contributed by atoms with Gasteiger partial charge in [-0.25, -0.2) is 4.98 Å². The average molecular weight is 807 g/mol. The maximum atomic E-state index is 5.56.